The van der Waals surface area contributed by atoms with E-state index in [9.17, 15) is 19.5 Å². The van der Waals surface area contributed by atoms with Gasteiger partial charge in [-0.05, 0) is 59.9 Å². The first kappa shape index (κ1) is 24.1. The highest BCUT2D eigenvalue weighted by atomic mass is 32.2. The number of ether oxygens (including phenoxy) is 1. The van der Waals surface area contributed by atoms with Crippen molar-refractivity contribution in [2.45, 2.75) is 43.7 Å². The zero-order chi connectivity index (χ0) is 24.1. The number of nitrogens with one attached hydrogen (secondary N) is 2. The number of carbonyl (C=O) groups excluding carboxylic acids is 2. The summed E-state index contributed by atoms with van der Waals surface area (Å²) in [5, 5.41) is 14.9. The Morgan fingerprint density at radius 3 is 2.32 bits per heavy atom. The molecule has 2 aliphatic carbocycles. The standard InChI is InChI=1S/C26H30N2O5S/c1-34-13-12-23(25(30)31)28-24(29)16-10-11-17(14-16)27-26(32)33-15-22-20-8-4-2-6-18(20)19-7-3-5-9-21(19)22/h2-9,16-17,22-23H,10-15H2,1H3,(H,27,32)(H,28,29)(H,30,31)/t16-,17+,23?/m1/s1. The molecule has 0 aromatic heterocycles. The van der Waals surface area contributed by atoms with Crippen LogP contribution >= 0.6 is 11.8 Å². The Morgan fingerprint density at radius 1 is 1.06 bits per heavy atom. The van der Waals surface area contributed by atoms with E-state index < -0.39 is 18.1 Å². The second-order valence-corrected chi connectivity index (χ2v) is 9.84. The number of carbonyl (C=O) groups is 3. The monoisotopic (exact) mass is 482 g/mol. The molecule has 34 heavy (non-hydrogen) atoms. The van der Waals surface area contributed by atoms with Crippen molar-refractivity contribution >= 4 is 29.7 Å². The van der Waals surface area contributed by atoms with Crippen LogP contribution in [0, 0.1) is 5.92 Å². The van der Waals surface area contributed by atoms with E-state index in [4.69, 9.17) is 4.74 Å². The van der Waals surface area contributed by atoms with Gasteiger partial charge in [0.25, 0.3) is 0 Å². The van der Waals surface area contributed by atoms with Crippen molar-refractivity contribution in [2.24, 2.45) is 5.92 Å². The third-order valence-electron chi connectivity index (χ3n) is 6.69. The minimum absolute atomic E-state index is 0.00510. The van der Waals surface area contributed by atoms with Gasteiger partial charge in [0.2, 0.25) is 5.91 Å². The average Bonchev–Trinajstić information content (AvgIpc) is 3.43. The van der Waals surface area contributed by atoms with E-state index in [1.807, 2.05) is 30.5 Å². The van der Waals surface area contributed by atoms with E-state index in [0.29, 0.717) is 31.4 Å². The van der Waals surface area contributed by atoms with E-state index in [-0.39, 0.29) is 30.4 Å². The molecule has 1 fully saturated rings. The van der Waals surface area contributed by atoms with Crippen LogP contribution in [0.1, 0.15) is 42.7 Å². The largest absolute Gasteiger partial charge is 0.480 e. The van der Waals surface area contributed by atoms with Gasteiger partial charge in [-0.3, -0.25) is 4.79 Å². The average molecular weight is 483 g/mol. The topological polar surface area (TPSA) is 105 Å². The van der Waals surface area contributed by atoms with Gasteiger partial charge >= 0.3 is 12.1 Å². The first-order chi connectivity index (χ1) is 16.5. The summed E-state index contributed by atoms with van der Waals surface area (Å²) >= 11 is 1.54. The number of aliphatic carboxylic acids is 1. The van der Waals surface area contributed by atoms with Crippen LogP contribution in [-0.4, -0.2) is 53.8 Å². The lowest BCUT2D eigenvalue weighted by Gasteiger charge is -2.18. The second kappa shape index (κ2) is 11.0. The number of benzene rings is 2. The lowest BCUT2D eigenvalue weighted by Crippen LogP contribution is -2.44. The van der Waals surface area contributed by atoms with Crippen LogP contribution in [0.4, 0.5) is 4.79 Å². The van der Waals surface area contributed by atoms with Crippen LogP contribution in [-0.2, 0) is 14.3 Å². The number of fused-ring (bicyclic) bond motifs is 3. The molecule has 180 valence electrons. The lowest BCUT2D eigenvalue weighted by molar-refractivity contribution is -0.142. The summed E-state index contributed by atoms with van der Waals surface area (Å²) in [6.45, 7) is 0.242. The highest BCUT2D eigenvalue weighted by molar-refractivity contribution is 7.98. The smallest absolute Gasteiger partial charge is 0.407 e. The summed E-state index contributed by atoms with van der Waals surface area (Å²) in [5.41, 5.74) is 4.66. The molecule has 4 rings (SSSR count). The minimum atomic E-state index is -1.02. The van der Waals surface area contributed by atoms with E-state index in [2.05, 4.69) is 34.9 Å². The molecule has 2 amide bonds. The molecular weight excluding hydrogens is 452 g/mol. The van der Waals surface area contributed by atoms with Gasteiger partial charge in [-0.25, -0.2) is 9.59 Å². The van der Waals surface area contributed by atoms with Crippen molar-refractivity contribution < 1.29 is 24.2 Å². The van der Waals surface area contributed by atoms with E-state index in [1.165, 1.54) is 11.1 Å². The van der Waals surface area contributed by atoms with Gasteiger partial charge in [-0.1, -0.05) is 48.5 Å². The molecule has 0 aliphatic heterocycles. The van der Waals surface area contributed by atoms with Gasteiger partial charge in [0.1, 0.15) is 12.6 Å². The normalized spacial score (nSPS) is 19.7. The molecule has 0 saturated heterocycles. The number of amides is 2. The first-order valence-corrected chi connectivity index (χ1v) is 13.0. The molecule has 0 bridgehead atoms. The van der Waals surface area contributed by atoms with Crippen LogP contribution in [0.2, 0.25) is 0 Å². The molecule has 2 aliphatic rings. The van der Waals surface area contributed by atoms with Crippen LogP contribution < -0.4 is 10.6 Å². The number of rotatable bonds is 9. The van der Waals surface area contributed by atoms with Crippen LogP contribution in [0.15, 0.2) is 48.5 Å². The van der Waals surface area contributed by atoms with E-state index in [0.717, 1.165) is 11.1 Å². The van der Waals surface area contributed by atoms with Gasteiger partial charge in [0, 0.05) is 17.9 Å². The number of hydrogen-bond donors (Lipinski definition) is 3. The fourth-order valence-electron chi connectivity index (χ4n) is 4.94. The third kappa shape index (κ3) is 5.38. The summed E-state index contributed by atoms with van der Waals surface area (Å²) < 4.78 is 5.61. The van der Waals surface area contributed by atoms with Gasteiger partial charge in [0.15, 0.2) is 0 Å². The summed E-state index contributed by atoms with van der Waals surface area (Å²) in [7, 11) is 0. The quantitative estimate of drug-likeness (QED) is 0.499. The Kier molecular flexibility index (Phi) is 7.77. The van der Waals surface area contributed by atoms with Crippen LogP contribution in [0.5, 0.6) is 0 Å². The molecule has 1 saturated carbocycles. The number of alkyl carbamates (subject to hydrolysis) is 1. The Bertz CT molecular complexity index is 1010. The van der Waals surface area contributed by atoms with Crippen molar-refractivity contribution in [3.63, 3.8) is 0 Å². The Hall–Kier alpha value is -3.00. The predicted molar refractivity (Wildman–Crippen MR) is 132 cm³/mol. The first-order valence-electron chi connectivity index (χ1n) is 11.6. The molecule has 0 heterocycles. The minimum Gasteiger partial charge on any atom is -0.480 e. The summed E-state index contributed by atoms with van der Waals surface area (Å²) in [6, 6.07) is 15.3. The molecule has 0 spiro atoms. The zero-order valence-corrected chi connectivity index (χ0v) is 20.0. The van der Waals surface area contributed by atoms with Gasteiger partial charge in [-0.2, -0.15) is 11.8 Å². The van der Waals surface area contributed by atoms with Crippen molar-refractivity contribution in [2.75, 3.05) is 18.6 Å². The number of thioether (sulfide) groups is 1. The molecule has 3 atom stereocenters. The molecular formula is C26H30N2O5S. The fourth-order valence-corrected chi connectivity index (χ4v) is 5.41. The summed E-state index contributed by atoms with van der Waals surface area (Å²) in [5.74, 6) is -0.933. The lowest BCUT2D eigenvalue weighted by atomic mass is 9.98. The maximum atomic E-state index is 12.6. The van der Waals surface area contributed by atoms with Crippen LogP contribution in [0.3, 0.4) is 0 Å². The molecule has 7 nitrogen and oxygen atoms in total. The van der Waals surface area contributed by atoms with Crippen LogP contribution in [0.25, 0.3) is 11.1 Å². The van der Waals surface area contributed by atoms with Gasteiger partial charge in [0.05, 0.1) is 0 Å². The van der Waals surface area contributed by atoms with Crippen molar-refractivity contribution in [1.82, 2.24) is 10.6 Å². The SMILES string of the molecule is CSCCC(NC(=O)[C@@H]1CC[C@H](NC(=O)OCC2c3ccccc3-c3ccccc32)C1)C(=O)O. The van der Waals surface area contributed by atoms with Crippen molar-refractivity contribution in [1.29, 1.82) is 0 Å². The third-order valence-corrected chi connectivity index (χ3v) is 7.34. The highest BCUT2D eigenvalue weighted by Gasteiger charge is 2.34. The number of hydrogen-bond acceptors (Lipinski definition) is 5. The van der Waals surface area contributed by atoms with Crippen molar-refractivity contribution in [3.8, 4) is 11.1 Å². The molecule has 2 aromatic rings. The predicted octanol–water partition coefficient (Wildman–Crippen LogP) is 4.02. The Balaban J connectivity index is 1.28. The Morgan fingerprint density at radius 2 is 1.71 bits per heavy atom. The highest BCUT2D eigenvalue weighted by Crippen LogP contribution is 2.44. The number of carboxylic acids is 1. The molecule has 2 aromatic carbocycles. The molecule has 0 radical (unpaired) electrons. The molecule has 8 heteroatoms. The fraction of sp³-hybridized carbons (Fsp3) is 0.423. The maximum absolute atomic E-state index is 12.6. The number of carboxylic acid groups (broad SMARTS) is 1. The van der Waals surface area contributed by atoms with Gasteiger partial charge < -0.3 is 20.5 Å². The second-order valence-electron chi connectivity index (χ2n) is 8.86. The van der Waals surface area contributed by atoms with E-state index >= 15 is 0 Å². The molecule has 1 unspecified atom stereocenters. The summed E-state index contributed by atoms with van der Waals surface area (Å²) in [6.07, 6.45) is 3.54. The van der Waals surface area contributed by atoms with Gasteiger partial charge in [-0.15, -0.1) is 0 Å². The van der Waals surface area contributed by atoms with E-state index in [1.54, 1.807) is 11.8 Å². The van der Waals surface area contributed by atoms with Crippen molar-refractivity contribution in [3.05, 3.63) is 59.7 Å². The maximum Gasteiger partial charge on any atom is 0.407 e. The zero-order valence-electron chi connectivity index (χ0n) is 19.2. The summed E-state index contributed by atoms with van der Waals surface area (Å²) in [4.78, 5) is 36.5. The molecule has 3 N–H and O–H groups in total. The Labute approximate surface area is 203 Å².